The van der Waals surface area contributed by atoms with Crippen LogP contribution in [0.15, 0.2) is 36.5 Å². The number of amides is 4. The molecule has 0 unspecified atom stereocenters. The second-order valence-electron chi connectivity index (χ2n) is 8.11. The number of aromatic nitrogens is 1. The summed E-state index contributed by atoms with van der Waals surface area (Å²) in [6.07, 6.45) is 2.53. The van der Waals surface area contributed by atoms with Crippen LogP contribution in [0.3, 0.4) is 0 Å². The molecule has 0 saturated carbocycles. The Morgan fingerprint density at radius 3 is 2.83 bits per heavy atom. The minimum atomic E-state index is -0.987. The molecule has 2 saturated heterocycles. The first-order valence-electron chi connectivity index (χ1n) is 9.69. The minimum absolute atomic E-state index is 0.101. The van der Waals surface area contributed by atoms with Gasteiger partial charge in [0.1, 0.15) is 12.1 Å². The molecule has 29 heavy (non-hydrogen) atoms. The fourth-order valence-corrected chi connectivity index (χ4v) is 3.93. The lowest BCUT2D eigenvalue weighted by molar-refractivity contribution is -0.134. The van der Waals surface area contributed by atoms with Gasteiger partial charge in [-0.1, -0.05) is 18.2 Å². The molecule has 0 spiro atoms. The normalized spacial score (nSPS) is 23.4. The van der Waals surface area contributed by atoms with E-state index in [1.807, 2.05) is 30.3 Å². The van der Waals surface area contributed by atoms with E-state index >= 15 is 0 Å². The number of nitrogens with zero attached hydrogens (tertiary/aromatic N) is 2. The Labute approximate surface area is 168 Å². The molecule has 0 bridgehead atoms. The quantitative estimate of drug-likeness (QED) is 0.741. The lowest BCUT2D eigenvalue weighted by Gasteiger charge is -2.21. The molecular weight excluding hydrogens is 372 g/mol. The van der Waals surface area contributed by atoms with Crippen LogP contribution in [0.2, 0.25) is 0 Å². The first-order valence-corrected chi connectivity index (χ1v) is 9.69. The van der Waals surface area contributed by atoms with Crippen LogP contribution in [0.4, 0.5) is 4.79 Å². The van der Waals surface area contributed by atoms with Crippen molar-refractivity contribution in [3.05, 3.63) is 42.1 Å². The van der Waals surface area contributed by atoms with Crippen LogP contribution in [-0.4, -0.2) is 59.1 Å². The van der Waals surface area contributed by atoms with Gasteiger partial charge in [0.15, 0.2) is 0 Å². The standard InChI is InChI=1S/C21H24N4O4/c1-21(2)19(27)25(20(28)24-21)10-18(26)23-17-12-29-11-14(17)9-13-7-8-22-16-6-4-3-5-15(13)16/h3-8,14,17H,9-12H2,1-2H3,(H,23,26)(H,24,28)/t14-,17-/m1/s1. The van der Waals surface area contributed by atoms with Crippen molar-refractivity contribution in [2.24, 2.45) is 5.92 Å². The number of fused-ring (bicyclic) bond motifs is 1. The van der Waals surface area contributed by atoms with Gasteiger partial charge in [-0.25, -0.2) is 4.79 Å². The highest BCUT2D eigenvalue weighted by atomic mass is 16.5. The van der Waals surface area contributed by atoms with Gasteiger partial charge in [0.05, 0.1) is 24.8 Å². The molecule has 4 rings (SSSR count). The summed E-state index contributed by atoms with van der Waals surface area (Å²) in [6.45, 7) is 3.88. The molecule has 2 aliphatic heterocycles. The molecule has 8 nitrogen and oxygen atoms in total. The summed E-state index contributed by atoms with van der Waals surface area (Å²) in [7, 11) is 0. The molecule has 8 heteroatoms. The van der Waals surface area contributed by atoms with Gasteiger partial charge in [0.25, 0.3) is 5.91 Å². The van der Waals surface area contributed by atoms with Gasteiger partial charge in [-0.15, -0.1) is 0 Å². The van der Waals surface area contributed by atoms with E-state index in [9.17, 15) is 14.4 Å². The van der Waals surface area contributed by atoms with Gasteiger partial charge in [-0.2, -0.15) is 0 Å². The zero-order chi connectivity index (χ0) is 20.6. The third-order valence-corrected chi connectivity index (χ3v) is 5.51. The second-order valence-corrected chi connectivity index (χ2v) is 8.11. The average Bonchev–Trinajstić information content (AvgIpc) is 3.19. The Balaban J connectivity index is 1.42. The van der Waals surface area contributed by atoms with Crippen molar-refractivity contribution >= 4 is 28.7 Å². The third kappa shape index (κ3) is 3.80. The molecule has 4 amide bonds. The van der Waals surface area contributed by atoms with Gasteiger partial charge in [-0.3, -0.25) is 19.5 Å². The van der Waals surface area contributed by atoms with Gasteiger partial charge in [0, 0.05) is 17.5 Å². The maximum atomic E-state index is 12.5. The molecule has 2 aromatic rings. The van der Waals surface area contributed by atoms with E-state index in [4.69, 9.17) is 4.74 Å². The number of urea groups is 1. The number of nitrogens with one attached hydrogen (secondary N) is 2. The van der Waals surface area contributed by atoms with Gasteiger partial charge in [0.2, 0.25) is 5.91 Å². The van der Waals surface area contributed by atoms with Crippen molar-refractivity contribution in [2.45, 2.75) is 31.8 Å². The zero-order valence-corrected chi connectivity index (χ0v) is 16.5. The van der Waals surface area contributed by atoms with Crippen LogP contribution < -0.4 is 10.6 Å². The SMILES string of the molecule is CC1(C)NC(=O)N(CC(=O)N[C@@H]2COC[C@H]2Cc2ccnc3ccccc23)C1=O. The molecule has 2 N–H and O–H groups in total. The fourth-order valence-electron chi connectivity index (χ4n) is 3.93. The number of carbonyl (C=O) groups excluding carboxylic acids is 3. The summed E-state index contributed by atoms with van der Waals surface area (Å²) >= 11 is 0. The average molecular weight is 396 g/mol. The van der Waals surface area contributed by atoms with Crippen LogP contribution in [0.1, 0.15) is 19.4 Å². The summed E-state index contributed by atoms with van der Waals surface area (Å²) in [5.74, 6) is -0.671. The molecule has 2 fully saturated rings. The summed E-state index contributed by atoms with van der Waals surface area (Å²) in [6, 6.07) is 9.23. The Kier molecular flexibility index (Phi) is 4.96. The Morgan fingerprint density at radius 2 is 2.07 bits per heavy atom. The highest BCUT2D eigenvalue weighted by Crippen LogP contribution is 2.24. The van der Waals surface area contributed by atoms with Crippen molar-refractivity contribution in [3.63, 3.8) is 0 Å². The largest absolute Gasteiger partial charge is 0.379 e. The van der Waals surface area contributed by atoms with Crippen LogP contribution in [0.25, 0.3) is 10.9 Å². The smallest absolute Gasteiger partial charge is 0.325 e. The molecule has 0 radical (unpaired) electrons. The number of hydrogen-bond acceptors (Lipinski definition) is 5. The zero-order valence-electron chi connectivity index (χ0n) is 16.5. The third-order valence-electron chi connectivity index (χ3n) is 5.51. The van der Waals surface area contributed by atoms with Crippen molar-refractivity contribution in [3.8, 4) is 0 Å². The number of hydrogen-bond donors (Lipinski definition) is 2. The van der Waals surface area contributed by atoms with E-state index in [1.165, 1.54) is 0 Å². The number of para-hydroxylation sites is 1. The van der Waals surface area contributed by atoms with Crippen LogP contribution >= 0.6 is 0 Å². The summed E-state index contributed by atoms with van der Waals surface area (Å²) < 4.78 is 5.61. The summed E-state index contributed by atoms with van der Waals surface area (Å²) in [5, 5.41) is 6.61. The van der Waals surface area contributed by atoms with Gasteiger partial charge >= 0.3 is 6.03 Å². The van der Waals surface area contributed by atoms with E-state index in [0.29, 0.717) is 13.2 Å². The number of ether oxygens (including phenoxy) is 1. The first kappa shape index (κ1) is 19.3. The maximum absolute atomic E-state index is 12.5. The number of imide groups is 1. The molecule has 2 atom stereocenters. The lowest BCUT2D eigenvalue weighted by Crippen LogP contribution is -2.47. The monoisotopic (exact) mass is 396 g/mol. The van der Waals surface area contributed by atoms with Crippen LogP contribution in [0.5, 0.6) is 0 Å². The molecule has 2 aliphatic rings. The van der Waals surface area contributed by atoms with Gasteiger partial charge in [-0.05, 0) is 38.0 Å². The van der Waals surface area contributed by atoms with E-state index < -0.39 is 17.5 Å². The Morgan fingerprint density at radius 1 is 1.28 bits per heavy atom. The number of benzene rings is 1. The summed E-state index contributed by atoms with van der Waals surface area (Å²) in [4.78, 5) is 42.1. The number of pyridine rings is 1. The predicted octanol–water partition coefficient (Wildman–Crippen LogP) is 1.24. The first-order chi connectivity index (χ1) is 13.8. The Hall–Kier alpha value is -3.00. The number of carbonyl (C=O) groups is 3. The predicted molar refractivity (Wildman–Crippen MR) is 106 cm³/mol. The highest BCUT2D eigenvalue weighted by Gasteiger charge is 2.45. The van der Waals surface area contributed by atoms with Crippen LogP contribution in [0, 0.1) is 5.92 Å². The highest BCUT2D eigenvalue weighted by molar-refractivity contribution is 6.08. The van der Waals surface area contributed by atoms with Crippen LogP contribution in [-0.2, 0) is 20.7 Å². The van der Waals surface area contributed by atoms with Crippen molar-refractivity contribution < 1.29 is 19.1 Å². The van der Waals surface area contributed by atoms with E-state index in [1.54, 1.807) is 20.0 Å². The van der Waals surface area contributed by atoms with E-state index in [0.717, 1.165) is 27.8 Å². The second kappa shape index (κ2) is 7.44. The van der Waals surface area contributed by atoms with Crippen molar-refractivity contribution in [1.82, 2.24) is 20.5 Å². The Bertz CT molecular complexity index is 969. The number of rotatable bonds is 5. The molecule has 0 aliphatic carbocycles. The molecule has 1 aromatic carbocycles. The van der Waals surface area contributed by atoms with E-state index in [-0.39, 0.29) is 24.4 Å². The molecule has 3 heterocycles. The topological polar surface area (TPSA) is 101 Å². The maximum Gasteiger partial charge on any atom is 0.325 e. The van der Waals surface area contributed by atoms with Crippen molar-refractivity contribution in [2.75, 3.05) is 19.8 Å². The summed E-state index contributed by atoms with van der Waals surface area (Å²) in [5.41, 5.74) is 1.10. The minimum Gasteiger partial charge on any atom is -0.379 e. The fraction of sp³-hybridized carbons (Fsp3) is 0.429. The molecule has 152 valence electrons. The van der Waals surface area contributed by atoms with E-state index in [2.05, 4.69) is 15.6 Å². The van der Waals surface area contributed by atoms with Gasteiger partial charge < -0.3 is 15.4 Å². The molecular formula is C21H24N4O4. The molecule has 1 aromatic heterocycles. The van der Waals surface area contributed by atoms with Crippen molar-refractivity contribution in [1.29, 1.82) is 0 Å². The lowest BCUT2D eigenvalue weighted by atomic mass is 9.93.